The van der Waals surface area contributed by atoms with Gasteiger partial charge in [-0.15, -0.1) is 0 Å². The first-order chi connectivity index (χ1) is 6.74. The Morgan fingerprint density at radius 1 is 1.14 bits per heavy atom. The Bertz CT molecular complexity index is 191. The molecule has 0 aromatic heterocycles. The maximum Gasteiger partial charge on any atom is 0.0263 e. The van der Waals surface area contributed by atoms with E-state index in [-0.39, 0.29) is 0 Å². The van der Waals surface area contributed by atoms with Gasteiger partial charge in [0.2, 0.25) is 0 Å². The third-order valence-corrected chi connectivity index (χ3v) is 4.04. The molecule has 2 saturated heterocycles. The minimum absolute atomic E-state index is 0.738. The zero-order valence-corrected chi connectivity index (χ0v) is 9.87. The fraction of sp³-hybridized carbons (Fsp3) is 1.00. The predicted molar refractivity (Wildman–Crippen MR) is 60.5 cm³/mol. The van der Waals surface area contributed by atoms with E-state index in [1.54, 1.807) is 0 Å². The highest BCUT2D eigenvalue weighted by molar-refractivity contribution is 4.97. The third-order valence-electron chi connectivity index (χ3n) is 4.04. The molecule has 0 saturated carbocycles. The maximum atomic E-state index is 2.71. The second-order valence-corrected chi connectivity index (χ2v) is 5.03. The second kappa shape index (κ2) is 4.19. The number of piperidine rings is 1. The van der Waals surface area contributed by atoms with E-state index in [0.717, 1.165) is 18.1 Å². The minimum Gasteiger partial charge on any atom is -0.299 e. The summed E-state index contributed by atoms with van der Waals surface area (Å²) in [5, 5.41) is 0. The molecule has 2 fully saturated rings. The van der Waals surface area contributed by atoms with E-state index in [2.05, 4.69) is 30.6 Å². The highest BCUT2D eigenvalue weighted by Crippen LogP contribution is 2.31. The Labute approximate surface area is 88.3 Å². The lowest BCUT2D eigenvalue weighted by Crippen LogP contribution is -2.50. The van der Waals surface area contributed by atoms with Gasteiger partial charge in [0.25, 0.3) is 0 Å². The molecule has 2 nitrogen and oxygen atoms in total. The molecular weight excluding hydrogens is 172 g/mol. The molecule has 0 aromatic carbocycles. The second-order valence-electron chi connectivity index (χ2n) is 5.03. The van der Waals surface area contributed by atoms with E-state index < -0.39 is 0 Å². The normalized spacial score (nSPS) is 35.1. The average molecular weight is 196 g/mol. The lowest BCUT2D eigenvalue weighted by molar-refractivity contribution is 0.0849. The molecule has 2 heteroatoms. The Hall–Kier alpha value is -0.0800. The summed E-state index contributed by atoms with van der Waals surface area (Å²) in [7, 11) is 0. The van der Waals surface area contributed by atoms with Gasteiger partial charge in [-0.3, -0.25) is 9.80 Å². The summed E-state index contributed by atoms with van der Waals surface area (Å²) >= 11 is 0. The molecule has 0 N–H and O–H groups in total. The van der Waals surface area contributed by atoms with Crippen LogP contribution in [0.1, 0.15) is 40.0 Å². The van der Waals surface area contributed by atoms with Crippen LogP contribution in [0.25, 0.3) is 0 Å². The molecule has 0 radical (unpaired) electrons. The molecule has 0 aliphatic carbocycles. The van der Waals surface area contributed by atoms with Crippen LogP contribution in [-0.4, -0.2) is 47.6 Å². The van der Waals surface area contributed by atoms with Gasteiger partial charge in [0.05, 0.1) is 0 Å². The van der Waals surface area contributed by atoms with Crippen molar-refractivity contribution in [3.05, 3.63) is 0 Å². The number of fused-ring (bicyclic) bond motifs is 1. The fourth-order valence-corrected chi connectivity index (χ4v) is 3.35. The van der Waals surface area contributed by atoms with Crippen molar-refractivity contribution in [2.45, 2.75) is 58.2 Å². The van der Waals surface area contributed by atoms with Gasteiger partial charge in [0.1, 0.15) is 0 Å². The number of likely N-dealkylation sites (N-methyl/N-ethyl adjacent to an activating group) is 1. The van der Waals surface area contributed by atoms with E-state index in [0.29, 0.717) is 0 Å². The van der Waals surface area contributed by atoms with Crippen LogP contribution >= 0.6 is 0 Å². The minimum atomic E-state index is 0.738. The van der Waals surface area contributed by atoms with Crippen molar-refractivity contribution in [3.63, 3.8) is 0 Å². The van der Waals surface area contributed by atoms with Crippen LogP contribution in [0.4, 0.5) is 0 Å². The van der Waals surface area contributed by atoms with Crippen LogP contribution < -0.4 is 0 Å². The van der Waals surface area contributed by atoms with Crippen molar-refractivity contribution in [2.24, 2.45) is 0 Å². The molecule has 2 aliphatic heterocycles. The highest BCUT2D eigenvalue weighted by atomic mass is 15.3. The first-order valence-corrected chi connectivity index (χ1v) is 6.23. The first kappa shape index (κ1) is 10.4. The lowest BCUT2D eigenvalue weighted by Gasteiger charge is -2.40. The summed E-state index contributed by atoms with van der Waals surface area (Å²) in [6.45, 7) is 10.9. The fourth-order valence-electron chi connectivity index (χ4n) is 3.35. The largest absolute Gasteiger partial charge is 0.299 e. The summed E-state index contributed by atoms with van der Waals surface area (Å²) in [6.07, 6.45) is 4.23. The third kappa shape index (κ3) is 1.70. The summed E-state index contributed by atoms with van der Waals surface area (Å²) in [4.78, 5) is 5.41. The predicted octanol–water partition coefficient (Wildman–Crippen LogP) is 1.95. The summed E-state index contributed by atoms with van der Waals surface area (Å²) in [5.41, 5.74) is 0. The van der Waals surface area contributed by atoms with Crippen LogP contribution in [-0.2, 0) is 0 Å². The first-order valence-electron chi connectivity index (χ1n) is 6.23. The van der Waals surface area contributed by atoms with Crippen molar-refractivity contribution >= 4 is 0 Å². The van der Waals surface area contributed by atoms with Crippen molar-refractivity contribution in [2.75, 3.05) is 19.6 Å². The molecule has 0 aromatic rings. The summed E-state index contributed by atoms with van der Waals surface area (Å²) in [6, 6.07) is 2.47. The maximum absolute atomic E-state index is 2.71. The molecule has 14 heavy (non-hydrogen) atoms. The molecule has 82 valence electrons. The number of hydrogen-bond donors (Lipinski definition) is 0. The van der Waals surface area contributed by atoms with E-state index >= 15 is 0 Å². The molecular formula is C12H24N2. The van der Waals surface area contributed by atoms with Gasteiger partial charge < -0.3 is 0 Å². The van der Waals surface area contributed by atoms with Gasteiger partial charge in [-0.25, -0.2) is 0 Å². The standard InChI is InChI=1S/C12H24N2/c1-4-13-8-5-6-12-11(13)7-9-14(12)10(2)3/h10-12H,4-9H2,1-3H3. The molecule has 2 heterocycles. The molecule has 2 rings (SSSR count). The van der Waals surface area contributed by atoms with Gasteiger partial charge in [-0.05, 0) is 46.2 Å². The van der Waals surface area contributed by atoms with Crippen molar-refractivity contribution < 1.29 is 0 Å². The molecule has 2 aliphatic rings. The summed E-state index contributed by atoms with van der Waals surface area (Å²) < 4.78 is 0. The smallest absolute Gasteiger partial charge is 0.0263 e. The number of nitrogens with zero attached hydrogens (tertiary/aromatic N) is 2. The van der Waals surface area contributed by atoms with Crippen LogP contribution in [0.15, 0.2) is 0 Å². The Balaban J connectivity index is 2.05. The van der Waals surface area contributed by atoms with Crippen LogP contribution in [0.3, 0.4) is 0 Å². The number of hydrogen-bond acceptors (Lipinski definition) is 2. The van der Waals surface area contributed by atoms with Gasteiger partial charge in [-0.1, -0.05) is 6.92 Å². The Morgan fingerprint density at radius 3 is 2.57 bits per heavy atom. The SMILES string of the molecule is CCN1CCCC2C1CCN2C(C)C. The summed E-state index contributed by atoms with van der Waals surface area (Å²) in [5.74, 6) is 0. The average Bonchev–Trinajstić information content (AvgIpc) is 2.60. The van der Waals surface area contributed by atoms with Crippen LogP contribution in [0, 0.1) is 0 Å². The number of rotatable bonds is 2. The number of likely N-dealkylation sites (tertiary alicyclic amines) is 2. The van der Waals surface area contributed by atoms with Crippen molar-refractivity contribution in [3.8, 4) is 0 Å². The van der Waals surface area contributed by atoms with Crippen LogP contribution in [0.5, 0.6) is 0 Å². The van der Waals surface area contributed by atoms with E-state index in [4.69, 9.17) is 0 Å². The topological polar surface area (TPSA) is 6.48 Å². The molecule has 0 bridgehead atoms. The van der Waals surface area contributed by atoms with E-state index in [9.17, 15) is 0 Å². The quantitative estimate of drug-likeness (QED) is 0.666. The Kier molecular flexibility index (Phi) is 3.13. The van der Waals surface area contributed by atoms with Gasteiger partial charge >= 0.3 is 0 Å². The molecule has 0 spiro atoms. The van der Waals surface area contributed by atoms with Crippen LogP contribution in [0.2, 0.25) is 0 Å². The van der Waals surface area contributed by atoms with E-state index in [1.165, 1.54) is 38.9 Å². The van der Waals surface area contributed by atoms with Gasteiger partial charge in [0.15, 0.2) is 0 Å². The van der Waals surface area contributed by atoms with Gasteiger partial charge in [-0.2, -0.15) is 0 Å². The highest BCUT2D eigenvalue weighted by Gasteiger charge is 2.39. The van der Waals surface area contributed by atoms with Crippen molar-refractivity contribution in [1.82, 2.24) is 9.80 Å². The molecule has 2 atom stereocenters. The zero-order chi connectivity index (χ0) is 10.1. The Morgan fingerprint density at radius 2 is 1.93 bits per heavy atom. The lowest BCUT2D eigenvalue weighted by atomic mass is 9.96. The molecule has 0 amide bonds. The van der Waals surface area contributed by atoms with Gasteiger partial charge in [0, 0.05) is 24.7 Å². The molecule has 2 unspecified atom stereocenters. The zero-order valence-electron chi connectivity index (χ0n) is 9.87. The van der Waals surface area contributed by atoms with E-state index in [1.807, 2.05) is 0 Å². The monoisotopic (exact) mass is 196 g/mol. The van der Waals surface area contributed by atoms with Crippen molar-refractivity contribution in [1.29, 1.82) is 0 Å².